The van der Waals surface area contributed by atoms with Crippen LogP contribution in [0.25, 0.3) is 0 Å². The SMILES string of the molecule is CC(C)OC(=O)C(C)C(C)OP(C)(C)=O. The Hall–Kier alpha value is -0.340. The average molecular weight is 236 g/mol. The fraction of sp³-hybridized carbons (Fsp3) is 0.900. The van der Waals surface area contributed by atoms with Crippen molar-refractivity contribution >= 4 is 13.3 Å². The molecule has 0 N–H and O–H groups in total. The van der Waals surface area contributed by atoms with Crippen molar-refractivity contribution < 1.29 is 18.6 Å². The number of carbonyl (C=O) groups excluding carboxylic acids is 1. The van der Waals surface area contributed by atoms with Crippen molar-refractivity contribution in [2.45, 2.75) is 39.9 Å². The molecule has 2 unspecified atom stereocenters. The number of esters is 1. The van der Waals surface area contributed by atoms with Gasteiger partial charge in [0.1, 0.15) is 0 Å². The Morgan fingerprint density at radius 2 is 1.60 bits per heavy atom. The first-order valence-electron chi connectivity index (χ1n) is 5.07. The summed E-state index contributed by atoms with van der Waals surface area (Å²) in [5.41, 5.74) is 0. The summed E-state index contributed by atoms with van der Waals surface area (Å²) in [5.74, 6) is -0.716. The van der Waals surface area contributed by atoms with Crippen LogP contribution in [-0.4, -0.2) is 31.5 Å². The molecule has 0 radical (unpaired) electrons. The third-order valence-corrected chi connectivity index (χ3v) is 2.69. The minimum absolute atomic E-state index is 0.137. The fourth-order valence-electron chi connectivity index (χ4n) is 1.02. The first-order chi connectivity index (χ1) is 6.63. The quantitative estimate of drug-likeness (QED) is 0.543. The van der Waals surface area contributed by atoms with Crippen LogP contribution in [-0.2, 0) is 18.6 Å². The molecular weight excluding hydrogens is 215 g/mol. The molecule has 0 aromatic carbocycles. The van der Waals surface area contributed by atoms with Crippen molar-refractivity contribution in [2.24, 2.45) is 5.92 Å². The van der Waals surface area contributed by atoms with E-state index >= 15 is 0 Å². The lowest BCUT2D eigenvalue weighted by atomic mass is 10.1. The van der Waals surface area contributed by atoms with Gasteiger partial charge in [-0.1, -0.05) is 0 Å². The molecule has 0 aliphatic heterocycles. The number of ether oxygens (including phenoxy) is 1. The summed E-state index contributed by atoms with van der Waals surface area (Å²) in [7, 11) is -2.56. The highest BCUT2D eigenvalue weighted by molar-refractivity contribution is 7.57. The van der Waals surface area contributed by atoms with Gasteiger partial charge < -0.3 is 9.26 Å². The van der Waals surface area contributed by atoms with E-state index in [1.807, 2.05) is 0 Å². The van der Waals surface area contributed by atoms with Crippen molar-refractivity contribution in [3.63, 3.8) is 0 Å². The molecule has 5 heteroatoms. The Labute approximate surface area is 91.8 Å². The van der Waals surface area contributed by atoms with Gasteiger partial charge in [0.25, 0.3) is 0 Å². The Balaban J connectivity index is 4.26. The molecular formula is C10H21O4P. The van der Waals surface area contributed by atoms with Crippen LogP contribution >= 0.6 is 7.37 Å². The Morgan fingerprint density at radius 1 is 1.13 bits per heavy atom. The van der Waals surface area contributed by atoms with E-state index in [-0.39, 0.29) is 12.1 Å². The fourth-order valence-corrected chi connectivity index (χ4v) is 2.01. The van der Waals surface area contributed by atoms with Crippen molar-refractivity contribution in [1.29, 1.82) is 0 Å². The van der Waals surface area contributed by atoms with E-state index in [1.165, 1.54) is 13.3 Å². The van der Waals surface area contributed by atoms with E-state index in [0.717, 1.165) is 0 Å². The Morgan fingerprint density at radius 3 is 1.93 bits per heavy atom. The lowest BCUT2D eigenvalue weighted by Gasteiger charge is -2.22. The summed E-state index contributed by atoms with van der Waals surface area (Å²) >= 11 is 0. The van der Waals surface area contributed by atoms with Gasteiger partial charge in [0.2, 0.25) is 0 Å². The van der Waals surface area contributed by atoms with Crippen LogP contribution in [0.4, 0.5) is 0 Å². The maximum Gasteiger partial charge on any atom is 0.311 e. The van der Waals surface area contributed by atoms with Gasteiger partial charge in [0, 0.05) is 13.3 Å². The molecule has 0 aromatic rings. The van der Waals surface area contributed by atoms with Gasteiger partial charge in [-0.3, -0.25) is 9.36 Å². The second kappa shape index (κ2) is 5.66. The van der Waals surface area contributed by atoms with Crippen LogP contribution in [0.2, 0.25) is 0 Å². The minimum atomic E-state index is -2.56. The normalized spacial score (nSPS) is 16.2. The van der Waals surface area contributed by atoms with Gasteiger partial charge in [-0.05, 0) is 27.7 Å². The molecule has 0 spiro atoms. The Bertz CT molecular complexity index is 256. The average Bonchev–Trinajstić information content (AvgIpc) is 1.98. The lowest BCUT2D eigenvalue weighted by Crippen LogP contribution is -2.28. The third-order valence-electron chi connectivity index (χ3n) is 1.85. The topological polar surface area (TPSA) is 52.6 Å². The minimum Gasteiger partial charge on any atom is -0.463 e. The van der Waals surface area contributed by atoms with Crippen molar-refractivity contribution in [2.75, 3.05) is 13.3 Å². The van der Waals surface area contributed by atoms with Crippen LogP contribution in [0.3, 0.4) is 0 Å². The first-order valence-corrected chi connectivity index (χ1v) is 7.59. The summed E-state index contributed by atoms with van der Waals surface area (Å²) in [4.78, 5) is 11.5. The molecule has 0 aliphatic rings. The molecule has 4 nitrogen and oxygen atoms in total. The lowest BCUT2D eigenvalue weighted by molar-refractivity contribution is -0.154. The summed E-state index contributed by atoms with van der Waals surface area (Å²) in [6.07, 6.45) is -0.528. The van der Waals surface area contributed by atoms with Gasteiger partial charge >= 0.3 is 5.97 Å². The largest absolute Gasteiger partial charge is 0.463 e. The molecule has 0 aromatic heterocycles. The summed E-state index contributed by atoms with van der Waals surface area (Å²) < 4.78 is 21.7. The van der Waals surface area contributed by atoms with Crippen molar-refractivity contribution in [1.82, 2.24) is 0 Å². The molecule has 0 saturated carbocycles. The standard InChI is InChI=1S/C10H21O4P/c1-7(2)13-10(11)8(3)9(4)14-15(5,6)12/h7-9H,1-6H3. The molecule has 15 heavy (non-hydrogen) atoms. The van der Waals surface area contributed by atoms with E-state index < -0.39 is 19.4 Å². The van der Waals surface area contributed by atoms with Gasteiger partial charge in [-0.25, -0.2) is 0 Å². The molecule has 2 atom stereocenters. The van der Waals surface area contributed by atoms with Crippen LogP contribution in [0.15, 0.2) is 0 Å². The first kappa shape index (κ1) is 14.7. The zero-order chi connectivity index (χ0) is 12.2. The van der Waals surface area contributed by atoms with Gasteiger partial charge in [0.05, 0.1) is 18.1 Å². The molecule has 90 valence electrons. The molecule has 0 heterocycles. The zero-order valence-electron chi connectivity index (χ0n) is 10.3. The van der Waals surface area contributed by atoms with Crippen LogP contribution in [0, 0.1) is 5.92 Å². The maximum atomic E-state index is 11.5. The number of hydrogen-bond donors (Lipinski definition) is 0. The molecule has 0 bridgehead atoms. The number of carbonyl (C=O) groups is 1. The second-order valence-corrected chi connectivity index (χ2v) is 7.05. The zero-order valence-corrected chi connectivity index (χ0v) is 11.2. The molecule has 0 amide bonds. The maximum absolute atomic E-state index is 11.5. The van der Waals surface area contributed by atoms with Gasteiger partial charge in [0.15, 0.2) is 7.37 Å². The Kier molecular flexibility index (Phi) is 5.54. The summed E-state index contributed by atoms with van der Waals surface area (Å²) in [6, 6.07) is 0. The molecule has 0 aliphatic carbocycles. The van der Waals surface area contributed by atoms with E-state index in [1.54, 1.807) is 27.7 Å². The monoisotopic (exact) mass is 236 g/mol. The van der Waals surface area contributed by atoms with Crippen molar-refractivity contribution in [3.8, 4) is 0 Å². The predicted molar refractivity (Wildman–Crippen MR) is 60.4 cm³/mol. The molecule has 0 rings (SSSR count). The van der Waals surface area contributed by atoms with Crippen LogP contribution in [0.1, 0.15) is 27.7 Å². The summed E-state index contributed by atoms with van der Waals surface area (Å²) in [6.45, 7) is 10.1. The van der Waals surface area contributed by atoms with E-state index in [0.29, 0.717) is 0 Å². The highest BCUT2D eigenvalue weighted by Crippen LogP contribution is 2.40. The second-order valence-electron chi connectivity index (χ2n) is 4.34. The highest BCUT2D eigenvalue weighted by Gasteiger charge is 2.26. The number of rotatable bonds is 5. The summed E-state index contributed by atoms with van der Waals surface area (Å²) in [5, 5.41) is 0. The highest BCUT2D eigenvalue weighted by atomic mass is 31.2. The van der Waals surface area contributed by atoms with Gasteiger partial charge in [-0.2, -0.15) is 0 Å². The van der Waals surface area contributed by atoms with Gasteiger partial charge in [-0.15, -0.1) is 0 Å². The predicted octanol–water partition coefficient (Wildman–Crippen LogP) is 2.52. The number of hydrogen-bond acceptors (Lipinski definition) is 4. The van der Waals surface area contributed by atoms with Crippen LogP contribution < -0.4 is 0 Å². The smallest absolute Gasteiger partial charge is 0.311 e. The van der Waals surface area contributed by atoms with E-state index in [2.05, 4.69) is 0 Å². The third kappa shape index (κ3) is 6.69. The van der Waals surface area contributed by atoms with Crippen molar-refractivity contribution in [3.05, 3.63) is 0 Å². The van der Waals surface area contributed by atoms with E-state index in [9.17, 15) is 9.36 Å². The van der Waals surface area contributed by atoms with E-state index in [4.69, 9.17) is 9.26 Å². The molecule has 0 saturated heterocycles. The van der Waals surface area contributed by atoms with Crippen LogP contribution in [0.5, 0.6) is 0 Å². The molecule has 0 fully saturated rings.